The van der Waals surface area contributed by atoms with Gasteiger partial charge in [0.05, 0.1) is 7.11 Å². The fraction of sp³-hybridized carbons (Fsp3) is 0.692. The van der Waals surface area contributed by atoms with Gasteiger partial charge in [0, 0.05) is 19.0 Å². The smallest absolute Gasteiger partial charge is 0.268 e. The molecular formula is C13H18N2O2. The van der Waals surface area contributed by atoms with E-state index in [4.69, 9.17) is 10.00 Å². The Bertz CT molecular complexity index is 416. The van der Waals surface area contributed by atoms with E-state index in [1.54, 1.807) is 0 Å². The zero-order valence-electron chi connectivity index (χ0n) is 10.6. The van der Waals surface area contributed by atoms with E-state index < -0.39 is 0 Å². The molecule has 0 bridgehead atoms. The van der Waals surface area contributed by atoms with Crippen LogP contribution >= 0.6 is 0 Å². The number of amides is 1. The molecule has 0 aromatic rings. The lowest BCUT2D eigenvalue weighted by Crippen LogP contribution is -2.46. The van der Waals surface area contributed by atoms with Crippen LogP contribution in [0, 0.1) is 16.7 Å². The molecule has 1 aliphatic carbocycles. The van der Waals surface area contributed by atoms with Crippen molar-refractivity contribution in [3.05, 3.63) is 11.3 Å². The van der Waals surface area contributed by atoms with Crippen molar-refractivity contribution >= 4 is 5.91 Å². The van der Waals surface area contributed by atoms with Crippen LogP contribution in [-0.2, 0) is 9.53 Å². The first-order chi connectivity index (χ1) is 8.03. The minimum atomic E-state index is -0.170. The van der Waals surface area contributed by atoms with E-state index in [2.05, 4.69) is 13.8 Å². The third-order valence-electron chi connectivity index (χ3n) is 4.21. The van der Waals surface area contributed by atoms with Crippen LogP contribution in [0.4, 0.5) is 0 Å². The Labute approximate surface area is 102 Å². The van der Waals surface area contributed by atoms with Gasteiger partial charge in [0.1, 0.15) is 11.8 Å². The van der Waals surface area contributed by atoms with Gasteiger partial charge in [-0.05, 0) is 25.2 Å². The van der Waals surface area contributed by atoms with E-state index in [-0.39, 0.29) is 22.9 Å². The van der Waals surface area contributed by atoms with Crippen molar-refractivity contribution in [2.45, 2.75) is 39.2 Å². The second-order valence-electron chi connectivity index (χ2n) is 5.19. The molecule has 1 saturated carbocycles. The molecule has 1 heterocycles. The first-order valence-electron chi connectivity index (χ1n) is 6.01. The van der Waals surface area contributed by atoms with Crippen molar-refractivity contribution in [2.75, 3.05) is 13.7 Å². The molecule has 1 unspecified atom stereocenters. The van der Waals surface area contributed by atoms with Gasteiger partial charge in [-0.15, -0.1) is 0 Å². The van der Waals surface area contributed by atoms with Crippen LogP contribution in [0.15, 0.2) is 11.3 Å². The van der Waals surface area contributed by atoms with Crippen molar-refractivity contribution in [2.24, 2.45) is 5.41 Å². The third-order valence-corrected chi connectivity index (χ3v) is 4.21. The molecule has 2 aliphatic rings. The van der Waals surface area contributed by atoms with Gasteiger partial charge in [-0.1, -0.05) is 6.92 Å². The molecule has 0 saturated heterocycles. The predicted molar refractivity (Wildman–Crippen MR) is 62.8 cm³/mol. The molecule has 0 N–H and O–H groups in total. The van der Waals surface area contributed by atoms with Gasteiger partial charge in [0.2, 0.25) is 0 Å². The fourth-order valence-corrected chi connectivity index (χ4v) is 2.39. The topological polar surface area (TPSA) is 53.3 Å². The van der Waals surface area contributed by atoms with Gasteiger partial charge < -0.3 is 9.64 Å². The van der Waals surface area contributed by atoms with Crippen molar-refractivity contribution < 1.29 is 9.53 Å². The summed E-state index contributed by atoms with van der Waals surface area (Å²) >= 11 is 0. The lowest BCUT2D eigenvalue weighted by molar-refractivity contribution is -0.131. The predicted octanol–water partition coefficient (Wildman–Crippen LogP) is 1.83. The number of hydrogen-bond donors (Lipinski definition) is 0. The van der Waals surface area contributed by atoms with Gasteiger partial charge in [-0.3, -0.25) is 4.79 Å². The highest BCUT2D eigenvalue weighted by molar-refractivity contribution is 5.98. The maximum atomic E-state index is 12.2. The molecule has 1 amide bonds. The number of nitriles is 1. The van der Waals surface area contributed by atoms with E-state index >= 15 is 0 Å². The molecule has 1 aliphatic heterocycles. The van der Waals surface area contributed by atoms with Gasteiger partial charge in [-0.25, -0.2) is 0 Å². The fourth-order valence-electron chi connectivity index (χ4n) is 2.39. The molecule has 92 valence electrons. The molecular weight excluding hydrogens is 216 g/mol. The summed E-state index contributed by atoms with van der Waals surface area (Å²) in [5, 5.41) is 9.05. The molecule has 4 heteroatoms. The lowest BCUT2D eigenvalue weighted by Gasteiger charge is -2.36. The summed E-state index contributed by atoms with van der Waals surface area (Å²) in [5.41, 5.74) is 0.427. The third kappa shape index (κ3) is 1.90. The van der Waals surface area contributed by atoms with E-state index in [1.807, 2.05) is 11.0 Å². The first kappa shape index (κ1) is 12.0. The average molecular weight is 234 g/mol. The van der Waals surface area contributed by atoms with Crippen LogP contribution in [0.25, 0.3) is 0 Å². The number of ether oxygens (including phenoxy) is 1. The normalized spacial score (nSPS) is 24.4. The summed E-state index contributed by atoms with van der Waals surface area (Å²) < 4.78 is 5.10. The van der Waals surface area contributed by atoms with Crippen LogP contribution < -0.4 is 0 Å². The number of carbonyl (C=O) groups is 1. The first-order valence-corrected chi connectivity index (χ1v) is 6.01. The Kier molecular flexibility index (Phi) is 2.86. The summed E-state index contributed by atoms with van der Waals surface area (Å²) in [4.78, 5) is 14.0. The molecule has 1 fully saturated rings. The standard InChI is InChI=1S/C13H18N2O2/c1-9(13(2)5-6-13)15-7-4-11(17-3)10(8-14)12(15)16/h9H,4-7H2,1-3H3. The molecule has 2 rings (SSSR count). The second kappa shape index (κ2) is 4.06. The van der Waals surface area contributed by atoms with Crippen LogP contribution in [0.1, 0.15) is 33.1 Å². The summed E-state index contributed by atoms with van der Waals surface area (Å²) in [6.07, 6.45) is 2.98. The average Bonchev–Trinajstić information content (AvgIpc) is 3.07. The minimum absolute atomic E-state index is 0.170. The van der Waals surface area contributed by atoms with Crippen molar-refractivity contribution in [1.82, 2.24) is 4.90 Å². The molecule has 0 aromatic heterocycles. The number of methoxy groups -OCH3 is 1. The van der Waals surface area contributed by atoms with Gasteiger partial charge in [0.15, 0.2) is 5.57 Å². The number of nitrogens with zero attached hydrogens (tertiary/aromatic N) is 2. The minimum Gasteiger partial charge on any atom is -0.499 e. The van der Waals surface area contributed by atoms with Crippen LogP contribution in [0.3, 0.4) is 0 Å². The maximum absolute atomic E-state index is 12.2. The molecule has 4 nitrogen and oxygen atoms in total. The van der Waals surface area contributed by atoms with Crippen molar-refractivity contribution in [3.8, 4) is 6.07 Å². The highest BCUT2D eigenvalue weighted by Crippen LogP contribution is 2.50. The largest absolute Gasteiger partial charge is 0.499 e. The highest BCUT2D eigenvalue weighted by Gasteiger charge is 2.47. The molecule has 0 aromatic carbocycles. The molecule has 17 heavy (non-hydrogen) atoms. The summed E-state index contributed by atoms with van der Waals surface area (Å²) in [7, 11) is 1.52. The Morgan fingerprint density at radius 2 is 2.18 bits per heavy atom. The zero-order chi connectivity index (χ0) is 12.6. The SMILES string of the molecule is COC1=C(C#N)C(=O)N(C(C)C2(C)CC2)CC1. The Hall–Kier alpha value is -1.50. The van der Waals surface area contributed by atoms with Crippen LogP contribution in [0.5, 0.6) is 0 Å². The van der Waals surface area contributed by atoms with E-state index in [0.29, 0.717) is 18.7 Å². The second-order valence-corrected chi connectivity index (χ2v) is 5.19. The van der Waals surface area contributed by atoms with Crippen LogP contribution in [-0.4, -0.2) is 30.5 Å². The van der Waals surface area contributed by atoms with E-state index in [1.165, 1.54) is 20.0 Å². The number of rotatable bonds is 3. The molecule has 0 radical (unpaired) electrons. The molecule has 0 spiro atoms. The quantitative estimate of drug-likeness (QED) is 0.748. The van der Waals surface area contributed by atoms with E-state index in [0.717, 1.165) is 0 Å². The monoisotopic (exact) mass is 234 g/mol. The highest BCUT2D eigenvalue weighted by atomic mass is 16.5. The van der Waals surface area contributed by atoms with Gasteiger partial charge in [0.25, 0.3) is 5.91 Å². The summed E-state index contributed by atoms with van der Waals surface area (Å²) in [6.45, 7) is 4.94. The van der Waals surface area contributed by atoms with Crippen molar-refractivity contribution in [3.63, 3.8) is 0 Å². The van der Waals surface area contributed by atoms with Crippen LogP contribution in [0.2, 0.25) is 0 Å². The molecule has 1 atom stereocenters. The summed E-state index contributed by atoms with van der Waals surface area (Å²) in [6, 6.07) is 2.18. The van der Waals surface area contributed by atoms with E-state index in [9.17, 15) is 4.79 Å². The summed E-state index contributed by atoms with van der Waals surface area (Å²) in [5.74, 6) is 0.359. The lowest BCUT2D eigenvalue weighted by atomic mass is 9.96. The number of hydrogen-bond acceptors (Lipinski definition) is 3. The van der Waals surface area contributed by atoms with Crippen molar-refractivity contribution in [1.29, 1.82) is 5.26 Å². The Morgan fingerprint density at radius 3 is 2.65 bits per heavy atom. The Morgan fingerprint density at radius 1 is 1.53 bits per heavy atom. The zero-order valence-corrected chi connectivity index (χ0v) is 10.6. The maximum Gasteiger partial charge on any atom is 0.268 e. The Balaban J connectivity index is 2.22. The number of carbonyl (C=O) groups excluding carboxylic acids is 1. The van der Waals surface area contributed by atoms with Gasteiger partial charge >= 0.3 is 0 Å². The van der Waals surface area contributed by atoms with Gasteiger partial charge in [-0.2, -0.15) is 5.26 Å².